The van der Waals surface area contributed by atoms with Gasteiger partial charge < -0.3 is 14.6 Å². The van der Waals surface area contributed by atoms with E-state index in [1.54, 1.807) is 0 Å². The van der Waals surface area contributed by atoms with E-state index in [9.17, 15) is 9.90 Å². The summed E-state index contributed by atoms with van der Waals surface area (Å²) in [5, 5.41) is 10.9. The molecule has 2 saturated heterocycles. The summed E-state index contributed by atoms with van der Waals surface area (Å²) >= 11 is 0. The van der Waals surface area contributed by atoms with Gasteiger partial charge in [-0.3, -0.25) is 4.79 Å². The number of esters is 1. The predicted molar refractivity (Wildman–Crippen MR) is 87.6 cm³/mol. The van der Waals surface area contributed by atoms with Crippen molar-refractivity contribution in [2.75, 3.05) is 0 Å². The summed E-state index contributed by atoms with van der Waals surface area (Å²) in [5.41, 5.74) is 0.353. The van der Waals surface area contributed by atoms with Crippen LogP contribution in [0.25, 0.3) is 0 Å². The van der Waals surface area contributed by atoms with E-state index in [-0.39, 0.29) is 28.6 Å². The van der Waals surface area contributed by atoms with E-state index in [1.165, 1.54) is 19.3 Å². The third kappa shape index (κ3) is 1.61. The Balaban J connectivity index is 1.61. The second-order valence-electron chi connectivity index (χ2n) is 10.1. The highest BCUT2D eigenvalue weighted by Crippen LogP contribution is 2.73. The van der Waals surface area contributed by atoms with Crippen LogP contribution < -0.4 is 0 Å². The van der Waals surface area contributed by atoms with Crippen molar-refractivity contribution < 1.29 is 19.4 Å². The lowest BCUT2D eigenvalue weighted by Gasteiger charge is -2.65. The Morgan fingerprint density at radius 3 is 2.62 bits per heavy atom. The zero-order chi connectivity index (χ0) is 16.9. The maximum absolute atomic E-state index is 12.3. The first-order valence-electron chi connectivity index (χ1n) is 9.85. The lowest BCUT2D eigenvalue weighted by Crippen LogP contribution is -2.62. The minimum absolute atomic E-state index is 0.0554. The zero-order valence-electron chi connectivity index (χ0n) is 15.1. The van der Waals surface area contributed by atoms with Gasteiger partial charge in [0.2, 0.25) is 6.29 Å². The number of aliphatic hydroxyl groups excluding tert-OH is 1. The molecule has 0 aromatic rings. The molecule has 1 N–H and O–H groups in total. The van der Waals surface area contributed by atoms with Crippen LogP contribution >= 0.6 is 0 Å². The van der Waals surface area contributed by atoms with Crippen LogP contribution in [0.5, 0.6) is 0 Å². The molecular formula is C20H30O4. The van der Waals surface area contributed by atoms with Crippen LogP contribution in [0, 0.1) is 39.9 Å². The lowest BCUT2D eigenvalue weighted by molar-refractivity contribution is -0.241. The Labute approximate surface area is 144 Å². The average Bonchev–Trinajstić information content (AvgIpc) is 2.96. The van der Waals surface area contributed by atoms with E-state index in [2.05, 4.69) is 20.8 Å². The Kier molecular flexibility index (Phi) is 2.97. The fourth-order valence-electron chi connectivity index (χ4n) is 8.19. The van der Waals surface area contributed by atoms with Gasteiger partial charge in [0.15, 0.2) is 6.29 Å². The van der Waals surface area contributed by atoms with Crippen molar-refractivity contribution in [2.24, 2.45) is 39.9 Å². The summed E-state index contributed by atoms with van der Waals surface area (Å²) in [6, 6.07) is 0. The smallest absolute Gasteiger partial charge is 0.311 e. The van der Waals surface area contributed by atoms with Gasteiger partial charge in [-0.25, -0.2) is 0 Å². The lowest BCUT2D eigenvalue weighted by atomic mass is 9.38. The fourth-order valence-corrected chi connectivity index (χ4v) is 8.19. The molecule has 3 saturated carbocycles. The summed E-state index contributed by atoms with van der Waals surface area (Å²) in [7, 11) is 0. The molecule has 4 nitrogen and oxygen atoms in total. The Morgan fingerprint density at radius 2 is 1.83 bits per heavy atom. The molecule has 0 bridgehead atoms. The Hall–Kier alpha value is -0.610. The Morgan fingerprint density at radius 1 is 1.04 bits per heavy atom. The van der Waals surface area contributed by atoms with Gasteiger partial charge in [-0.05, 0) is 61.2 Å². The molecule has 0 amide bonds. The van der Waals surface area contributed by atoms with E-state index in [0.717, 1.165) is 25.7 Å². The molecule has 0 aromatic carbocycles. The molecule has 1 spiro atoms. The van der Waals surface area contributed by atoms with Crippen molar-refractivity contribution in [1.29, 1.82) is 0 Å². The van der Waals surface area contributed by atoms with Crippen LogP contribution in [0.3, 0.4) is 0 Å². The van der Waals surface area contributed by atoms with Crippen LogP contribution in [0.15, 0.2) is 0 Å². The Bertz CT molecular complexity index is 586. The van der Waals surface area contributed by atoms with Crippen LogP contribution in [0.4, 0.5) is 0 Å². The number of ether oxygens (including phenoxy) is 2. The monoisotopic (exact) mass is 334 g/mol. The van der Waals surface area contributed by atoms with Gasteiger partial charge in [-0.15, -0.1) is 0 Å². The predicted octanol–water partition coefficient (Wildman–Crippen LogP) is 3.47. The first kappa shape index (κ1) is 15.6. The quantitative estimate of drug-likeness (QED) is 0.689. The number of carbonyl (C=O) groups is 1. The van der Waals surface area contributed by atoms with Crippen molar-refractivity contribution in [3.05, 3.63) is 0 Å². The standard InChI is InChI=1S/C20H30O4/c1-18(2)8-4-9-19(3)12(18)7-10-20-13(19)6-5-11-14(20)16(23-15(11)21)24-17(20)22/h11-14,16-17,22H,4-10H2,1-3H3/t11-,12+,13-,14+,16+,17-,19+,20+/m1/s1. The number of carbonyl (C=O) groups excluding carboxylic acids is 1. The number of hydrogen-bond donors (Lipinski definition) is 1. The molecule has 2 aliphatic heterocycles. The first-order valence-corrected chi connectivity index (χ1v) is 9.85. The molecular weight excluding hydrogens is 304 g/mol. The largest absolute Gasteiger partial charge is 0.435 e. The molecule has 134 valence electrons. The van der Waals surface area contributed by atoms with Crippen LogP contribution in [0.1, 0.15) is 65.7 Å². The normalized spacial score (nSPS) is 57.8. The molecule has 4 heteroatoms. The molecule has 24 heavy (non-hydrogen) atoms. The molecule has 5 rings (SSSR count). The molecule has 0 radical (unpaired) electrons. The summed E-state index contributed by atoms with van der Waals surface area (Å²) < 4.78 is 11.3. The van der Waals surface area contributed by atoms with Gasteiger partial charge in [0.1, 0.15) is 0 Å². The van der Waals surface area contributed by atoms with E-state index >= 15 is 0 Å². The first-order chi connectivity index (χ1) is 11.3. The minimum Gasteiger partial charge on any atom is -0.435 e. The second kappa shape index (κ2) is 4.56. The van der Waals surface area contributed by atoms with E-state index in [4.69, 9.17) is 9.47 Å². The SMILES string of the molecule is CC1(C)CCC[C@]2(C)[C@H]3CC[C@H]4C(=O)O[C@H]5O[C@@H](O)[C@]3(CC[C@@H]12)[C@H]54. The van der Waals surface area contributed by atoms with Gasteiger partial charge in [0, 0.05) is 11.3 Å². The highest BCUT2D eigenvalue weighted by Gasteiger charge is 2.74. The molecule has 8 atom stereocenters. The molecule has 5 aliphatic rings. The average molecular weight is 334 g/mol. The second-order valence-corrected chi connectivity index (χ2v) is 10.1. The van der Waals surface area contributed by atoms with E-state index < -0.39 is 12.6 Å². The third-order valence-electron chi connectivity index (χ3n) is 8.96. The third-order valence-corrected chi connectivity index (χ3v) is 8.96. The maximum Gasteiger partial charge on any atom is 0.311 e. The van der Waals surface area contributed by atoms with Crippen molar-refractivity contribution >= 4 is 5.97 Å². The van der Waals surface area contributed by atoms with E-state index in [1.807, 2.05) is 0 Å². The number of fused-ring (bicyclic) bond motifs is 2. The van der Waals surface area contributed by atoms with Gasteiger partial charge in [0.25, 0.3) is 0 Å². The van der Waals surface area contributed by atoms with Crippen molar-refractivity contribution in [2.45, 2.75) is 78.3 Å². The molecule has 2 heterocycles. The minimum atomic E-state index is -0.767. The number of aliphatic hydroxyl groups is 1. The summed E-state index contributed by atoms with van der Waals surface area (Å²) in [6.45, 7) is 7.35. The molecule has 0 unspecified atom stereocenters. The van der Waals surface area contributed by atoms with Crippen LogP contribution in [-0.2, 0) is 14.3 Å². The zero-order valence-corrected chi connectivity index (χ0v) is 15.1. The fraction of sp³-hybridized carbons (Fsp3) is 0.950. The summed E-state index contributed by atoms with van der Waals surface area (Å²) in [6.07, 6.45) is 6.63. The number of rotatable bonds is 0. The summed E-state index contributed by atoms with van der Waals surface area (Å²) in [4.78, 5) is 12.3. The highest BCUT2D eigenvalue weighted by molar-refractivity contribution is 5.75. The summed E-state index contributed by atoms with van der Waals surface area (Å²) in [5.74, 6) is 1.07. The van der Waals surface area contributed by atoms with Crippen molar-refractivity contribution in [1.82, 2.24) is 0 Å². The van der Waals surface area contributed by atoms with Crippen molar-refractivity contribution in [3.8, 4) is 0 Å². The van der Waals surface area contributed by atoms with Gasteiger partial charge in [-0.2, -0.15) is 0 Å². The molecule has 3 aliphatic carbocycles. The number of hydrogen-bond acceptors (Lipinski definition) is 4. The van der Waals surface area contributed by atoms with Gasteiger partial charge in [0.05, 0.1) is 5.92 Å². The topological polar surface area (TPSA) is 55.8 Å². The maximum atomic E-state index is 12.3. The highest BCUT2D eigenvalue weighted by atomic mass is 16.8. The van der Waals surface area contributed by atoms with Gasteiger partial charge in [-0.1, -0.05) is 27.2 Å². The van der Waals surface area contributed by atoms with Crippen LogP contribution in [0.2, 0.25) is 0 Å². The van der Waals surface area contributed by atoms with Gasteiger partial charge >= 0.3 is 5.97 Å². The van der Waals surface area contributed by atoms with E-state index in [0.29, 0.717) is 17.3 Å². The van der Waals surface area contributed by atoms with Crippen molar-refractivity contribution in [3.63, 3.8) is 0 Å². The molecule has 0 aromatic heterocycles. The molecule has 5 fully saturated rings. The van der Waals surface area contributed by atoms with Crippen LogP contribution in [-0.4, -0.2) is 23.7 Å².